The van der Waals surface area contributed by atoms with Crippen LogP contribution in [0.4, 0.5) is 0 Å². The van der Waals surface area contributed by atoms with E-state index in [2.05, 4.69) is 16.0 Å². The zero-order valence-electron chi connectivity index (χ0n) is 9.35. The van der Waals surface area contributed by atoms with Gasteiger partial charge < -0.3 is 10.4 Å². The maximum Gasteiger partial charge on any atom is 0.340 e. The van der Waals surface area contributed by atoms with Gasteiger partial charge in [-0.05, 0) is 27.6 Å². The summed E-state index contributed by atoms with van der Waals surface area (Å²) in [4.78, 5) is 11.2. The minimum absolute atomic E-state index is 0.139. The molecule has 0 fully saturated rings. The molecule has 0 rings (SSSR count). The largest absolute Gasteiger partial charge is 0.479 e. The number of hydrogen-bond donors (Lipinski definition) is 4. The quantitative estimate of drug-likeness (QED) is 0.424. The Morgan fingerprint density at radius 2 is 1.86 bits per heavy atom. The third-order valence-corrected chi connectivity index (χ3v) is 2.57. The molecule has 0 aromatic rings. The van der Waals surface area contributed by atoms with Crippen LogP contribution in [-0.2, 0) is 4.79 Å². The summed E-state index contributed by atoms with van der Waals surface area (Å²) in [5, 5.41) is 17.9. The first-order chi connectivity index (χ1) is 6.58. The smallest absolute Gasteiger partial charge is 0.340 e. The average molecular weight is 203 g/mol. The van der Waals surface area contributed by atoms with Crippen LogP contribution in [0.1, 0.15) is 19.8 Å². The third-order valence-electron chi connectivity index (χ3n) is 2.57. The molecule has 0 aliphatic carbocycles. The van der Waals surface area contributed by atoms with Crippen molar-refractivity contribution in [1.29, 1.82) is 0 Å². The summed E-state index contributed by atoms with van der Waals surface area (Å²) in [6.45, 7) is 2.03. The van der Waals surface area contributed by atoms with Crippen LogP contribution >= 0.6 is 0 Å². The van der Waals surface area contributed by atoms with Crippen molar-refractivity contribution in [2.24, 2.45) is 0 Å². The van der Waals surface area contributed by atoms with Crippen LogP contribution in [0.3, 0.4) is 0 Å². The SMILES string of the molecule is CCCC(NC)C(NC)(NC)C(=O)O. The van der Waals surface area contributed by atoms with Crippen LogP contribution < -0.4 is 16.0 Å². The normalized spacial score (nSPS) is 14.0. The molecule has 0 heterocycles. The number of rotatable bonds is 7. The summed E-state index contributed by atoms with van der Waals surface area (Å²) in [6, 6.07) is -0.139. The van der Waals surface area contributed by atoms with Crippen molar-refractivity contribution < 1.29 is 9.90 Å². The number of aliphatic carboxylic acids is 1. The van der Waals surface area contributed by atoms with E-state index in [9.17, 15) is 9.90 Å². The van der Waals surface area contributed by atoms with Gasteiger partial charge in [-0.2, -0.15) is 0 Å². The van der Waals surface area contributed by atoms with Crippen LogP contribution in [0.25, 0.3) is 0 Å². The lowest BCUT2D eigenvalue weighted by molar-refractivity contribution is -0.147. The van der Waals surface area contributed by atoms with Gasteiger partial charge in [0.05, 0.1) is 0 Å². The fraction of sp³-hybridized carbons (Fsp3) is 0.889. The Morgan fingerprint density at radius 1 is 1.36 bits per heavy atom. The fourth-order valence-corrected chi connectivity index (χ4v) is 1.70. The summed E-state index contributed by atoms with van der Waals surface area (Å²) >= 11 is 0. The maximum absolute atomic E-state index is 11.2. The first-order valence-electron chi connectivity index (χ1n) is 4.87. The highest BCUT2D eigenvalue weighted by molar-refractivity contribution is 5.79. The molecular formula is C9H21N3O2. The summed E-state index contributed by atoms with van der Waals surface area (Å²) in [7, 11) is 5.06. The van der Waals surface area contributed by atoms with Gasteiger partial charge in [0.15, 0.2) is 5.66 Å². The Labute approximate surface area is 85.3 Å². The molecule has 1 unspecified atom stereocenters. The lowest BCUT2D eigenvalue weighted by Crippen LogP contribution is -2.70. The highest BCUT2D eigenvalue weighted by Gasteiger charge is 2.42. The molecule has 0 bridgehead atoms. The van der Waals surface area contributed by atoms with Crippen molar-refractivity contribution in [3.8, 4) is 0 Å². The van der Waals surface area contributed by atoms with Gasteiger partial charge >= 0.3 is 5.97 Å². The summed E-state index contributed by atoms with van der Waals surface area (Å²) in [6.07, 6.45) is 1.73. The Kier molecular flexibility index (Phi) is 5.68. The monoisotopic (exact) mass is 203 g/mol. The molecule has 0 radical (unpaired) electrons. The predicted octanol–water partition coefficient (Wildman–Crippen LogP) is -0.406. The molecule has 0 aromatic carbocycles. The van der Waals surface area contributed by atoms with Crippen molar-refractivity contribution in [3.05, 3.63) is 0 Å². The average Bonchev–Trinajstić information content (AvgIpc) is 2.18. The van der Waals surface area contributed by atoms with E-state index in [0.29, 0.717) is 0 Å². The lowest BCUT2D eigenvalue weighted by atomic mass is 9.96. The van der Waals surface area contributed by atoms with Gasteiger partial charge in [-0.15, -0.1) is 0 Å². The van der Waals surface area contributed by atoms with E-state index in [0.717, 1.165) is 12.8 Å². The van der Waals surface area contributed by atoms with Crippen molar-refractivity contribution in [1.82, 2.24) is 16.0 Å². The number of hydrogen-bond acceptors (Lipinski definition) is 4. The molecule has 0 aromatic heterocycles. The van der Waals surface area contributed by atoms with Gasteiger partial charge in [0.2, 0.25) is 0 Å². The molecular weight excluding hydrogens is 182 g/mol. The molecule has 0 spiro atoms. The van der Waals surface area contributed by atoms with Gasteiger partial charge in [0.1, 0.15) is 0 Å². The summed E-state index contributed by atoms with van der Waals surface area (Å²) in [5.41, 5.74) is -1.09. The number of carboxylic acids is 1. The van der Waals surface area contributed by atoms with E-state index in [-0.39, 0.29) is 6.04 Å². The topological polar surface area (TPSA) is 73.4 Å². The van der Waals surface area contributed by atoms with Gasteiger partial charge in [0.25, 0.3) is 0 Å². The molecule has 84 valence electrons. The number of carboxylic acid groups (broad SMARTS) is 1. The van der Waals surface area contributed by atoms with Crippen molar-refractivity contribution in [2.45, 2.75) is 31.5 Å². The minimum atomic E-state index is -1.09. The zero-order chi connectivity index (χ0) is 11.2. The van der Waals surface area contributed by atoms with Crippen molar-refractivity contribution in [2.75, 3.05) is 21.1 Å². The highest BCUT2D eigenvalue weighted by atomic mass is 16.4. The number of likely N-dealkylation sites (N-methyl/N-ethyl adjacent to an activating group) is 3. The summed E-state index contributed by atoms with van der Waals surface area (Å²) < 4.78 is 0. The van der Waals surface area contributed by atoms with E-state index in [1.807, 2.05) is 6.92 Å². The van der Waals surface area contributed by atoms with E-state index in [1.54, 1.807) is 21.1 Å². The molecule has 14 heavy (non-hydrogen) atoms. The minimum Gasteiger partial charge on any atom is -0.479 e. The Hall–Kier alpha value is -0.650. The van der Waals surface area contributed by atoms with Crippen LogP contribution in [0.5, 0.6) is 0 Å². The van der Waals surface area contributed by atoms with E-state index in [4.69, 9.17) is 0 Å². The summed E-state index contributed by atoms with van der Waals surface area (Å²) in [5.74, 6) is -0.893. The van der Waals surface area contributed by atoms with E-state index in [1.165, 1.54) is 0 Å². The molecule has 0 saturated carbocycles. The molecule has 0 aliphatic rings. The zero-order valence-corrected chi connectivity index (χ0v) is 9.35. The van der Waals surface area contributed by atoms with Crippen LogP contribution in [0.2, 0.25) is 0 Å². The number of nitrogens with one attached hydrogen (secondary N) is 3. The van der Waals surface area contributed by atoms with Gasteiger partial charge in [-0.3, -0.25) is 10.6 Å². The predicted molar refractivity (Wildman–Crippen MR) is 56.2 cm³/mol. The van der Waals surface area contributed by atoms with Crippen LogP contribution in [0.15, 0.2) is 0 Å². The van der Waals surface area contributed by atoms with Crippen LogP contribution in [-0.4, -0.2) is 43.9 Å². The van der Waals surface area contributed by atoms with Crippen LogP contribution in [0, 0.1) is 0 Å². The molecule has 4 N–H and O–H groups in total. The Morgan fingerprint density at radius 3 is 2.07 bits per heavy atom. The Bertz CT molecular complexity index is 181. The molecule has 5 nitrogen and oxygen atoms in total. The van der Waals surface area contributed by atoms with Crippen molar-refractivity contribution >= 4 is 5.97 Å². The molecule has 0 amide bonds. The van der Waals surface area contributed by atoms with E-state index < -0.39 is 11.6 Å². The van der Waals surface area contributed by atoms with Gasteiger partial charge in [-0.1, -0.05) is 13.3 Å². The number of carbonyl (C=O) groups is 1. The van der Waals surface area contributed by atoms with E-state index >= 15 is 0 Å². The maximum atomic E-state index is 11.2. The molecule has 5 heteroatoms. The van der Waals surface area contributed by atoms with Gasteiger partial charge in [-0.25, -0.2) is 4.79 Å². The first-order valence-corrected chi connectivity index (χ1v) is 4.87. The second-order valence-corrected chi connectivity index (χ2v) is 3.24. The van der Waals surface area contributed by atoms with Crippen molar-refractivity contribution in [3.63, 3.8) is 0 Å². The third kappa shape index (κ3) is 2.43. The standard InChI is InChI=1S/C9H21N3O2/c1-5-6-7(10-2)9(11-3,12-4)8(13)14/h7,10-12H,5-6H2,1-4H3,(H,13,14). The van der Waals surface area contributed by atoms with Gasteiger partial charge in [0, 0.05) is 6.04 Å². The second kappa shape index (κ2) is 5.95. The highest BCUT2D eigenvalue weighted by Crippen LogP contribution is 2.11. The second-order valence-electron chi connectivity index (χ2n) is 3.24. The Balaban J connectivity index is 4.82. The lowest BCUT2D eigenvalue weighted by Gasteiger charge is -2.36. The fourth-order valence-electron chi connectivity index (χ4n) is 1.70. The molecule has 0 aliphatic heterocycles. The first kappa shape index (κ1) is 13.4. The molecule has 1 atom stereocenters. The molecule has 0 saturated heterocycles.